The number of benzene rings is 2. The van der Waals surface area contributed by atoms with Crippen molar-refractivity contribution in [2.75, 3.05) is 0 Å². The molecule has 0 nitrogen and oxygen atoms in total. The van der Waals surface area contributed by atoms with Crippen LogP contribution in [0, 0.1) is 0 Å². The van der Waals surface area contributed by atoms with Gasteiger partial charge in [-0.1, -0.05) is 48.5 Å². The molecule has 0 aliphatic rings. The van der Waals surface area contributed by atoms with Gasteiger partial charge in [-0.2, -0.15) is 0 Å². The Bertz CT molecular complexity index is 690. The van der Waals surface area contributed by atoms with E-state index in [-0.39, 0.29) is 0 Å². The van der Waals surface area contributed by atoms with Crippen LogP contribution in [0.3, 0.4) is 0 Å². The Labute approximate surface area is 111 Å². The van der Waals surface area contributed by atoms with Crippen molar-refractivity contribution in [3.63, 3.8) is 0 Å². The molecule has 0 amide bonds. The lowest BCUT2D eigenvalue weighted by Crippen LogP contribution is -1.78. The standard InChI is InChI=1S/C17H14S/c1-13(14-7-3-2-4-8-14)11-15-12-18-17-10-6-5-9-16(15)17/h2-12H,1H3/b13-11-. The zero-order chi connectivity index (χ0) is 12.4. The molecule has 18 heavy (non-hydrogen) atoms. The minimum Gasteiger partial charge on any atom is -0.143 e. The molecule has 0 aliphatic carbocycles. The van der Waals surface area contributed by atoms with Crippen molar-refractivity contribution in [3.05, 3.63) is 71.1 Å². The maximum absolute atomic E-state index is 2.27. The van der Waals surface area contributed by atoms with Crippen LogP contribution < -0.4 is 0 Å². The summed E-state index contributed by atoms with van der Waals surface area (Å²) < 4.78 is 1.35. The van der Waals surface area contributed by atoms with Gasteiger partial charge < -0.3 is 0 Å². The molecule has 0 atom stereocenters. The Balaban J connectivity index is 2.06. The summed E-state index contributed by atoms with van der Waals surface area (Å²) in [5, 5.41) is 3.58. The highest BCUT2D eigenvalue weighted by atomic mass is 32.1. The van der Waals surface area contributed by atoms with Crippen LogP contribution in [0.2, 0.25) is 0 Å². The third-order valence-corrected chi connectivity index (χ3v) is 4.09. The molecular formula is C17H14S. The van der Waals surface area contributed by atoms with E-state index in [2.05, 4.69) is 73.0 Å². The van der Waals surface area contributed by atoms with Gasteiger partial charge in [0.2, 0.25) is 0 Å². The van der Waals surface area contributed by atoms with Gasteiger partial charge in [0.25, 0.3) is 0 Å². The molecular weight excluding hydrogens is 236 g/mol. The first-order valence-electron chi connectivity index (χ1n) is 6.04. The molecule has 3 rings (SSSR count). The first kappa shape index (κ1) is 11.2. The summed E-state index contributed by atoms with van der Waals surface area (Å²) in [6.45, 7) is 2.17. The van der Waals surface area contributed by atoms with Crippen LogP contribution in [0.25, 0.3) is 21.7 Å². The van der Waals surface area contributed by atoms with Crippen LogP contribution in [0.5, 0.6) is 0 Å². The molecule has 1 heterocycles. The van der Waals surface area contributed by atoms with Crippen molar-refractivity contribution >= 4 is 33.1 Å². The molecule has 1 aromatic heterocycles. The Morgan fingerprint density at radius 1 is 0.944 bits per heavy atom. The second-order valence-corrected chi connectivity index (χ2v) is 5.29. The lowest BCUT2D eigenvalue weighted by molar-refractivity contribution is 1.58. The molecule has 0 radical (unpaired) electrons. The largest absolute Gasteiger partial charge is 0.143 e. The summed E-state index contributed by atoms with van der Waals surface area (Å²) in [4.78, 5) is 0. The van der Waals surface area contributed by atoms with Crippen LogP contribution in [0.4, 0.5) is 0 Å². The second-order valence-electron chi connectivity index (χ2n) is 4.38. The number of hydrogen-bond acceptors (Lipinski definition) is 1. The fourth-order valence-electron chi connectivity index (χ4n) is 2.13. The van der Waals surface area contributed by atoms with E-state index in [1.807, 2.05) is 0 Å². The van der Waals surface area contributed by atoms with Gasteiger partial charge in [0, 0.05) is 4.70 Å². The molecule has 1 heteroatoms. The van der Waals surface area contributed by atoms with Gasteiger partial charge >= 0.3 is 0 Å². The summed E-state index contributed by atoms with van der Waals surface area (Å²) in [7, 11) is 0. The molecule has 0 bridgehead atoms. The predicted octanol–water partition coefficient (Wildman–Crippen LogP) is 5.46. The number of thiophene rings is 1. The monoisotopic (exact) mass is 250 g/mol. The molecule has 0 spiro atoms. The average Bonchev–Trinajstić information content (AvgIpc) is 2.83. The molecule has 3 aromatic rings. The number of hydrogen-bond donors (Lipinski definition) is 0. The molecule has 0 saturated carbocycles. The third-order valence-electron chi connectivity index (χ3n) is 3.11. The smallest absolute Gasteiger partial charge is 0.0348 e. The molecule has 0 fully saturated rings. The molecule has 0 unspecified atom stereocenters. The van der Waals surface area contributed by atoms with Gasteiger partial charge in [-0.05, 0) is 46.5 Å². The number of allylic oxidation sites excluding steroid dienone is 1. The van der Waals surface area contributed by atoms with Gasteiger partial charge in [-0.25, -0.2) is 0 Å². The van der Waals surface area contributed by atoms with Crippen molar-refractivity contribution < 1.29 is 0 Å². The SMILES string of the molecule is C/C(=C/c1csc2ccccc12)c1ccccc1. The Kier molecular flexibility index (Phi) is 2.99. The normalized spacial score (nSPS) is 11.9. The molecule has 2 aromatic carbocycles. The van der Waals surface area contributed by atoms with Gasteiger partial charge in [-0.3, -0.25) is 0 Å². The number of fused-ring (bicyclic) bond motifs is 1. The topological polar surface area (TPSA) is 0 Å². The zero-order valence-electron chi connectivity index (χ0n) is 10.3. The highest BCUT2D eigenvalue weighted by molar-refractivity contribution is 7.17. The van der Waals surface area contributed by atoms with Gasteiger partial charge in [0.05, 0.1) is 0 Å². The summed E-state index contributed by atoms with van der Waals surface area (Å²) in [5.41, 5.74) is 3.91. The van der Waals surface area contributed by atoms with Crippen molar-refractivity contribution in [2.45, 2.75) is 6.92 Å². The highest BCUT2D eigenvalue weighted by Crippen LogP contribution is 2.28. The highest BCUT2D eigenvalue weighted by Gasteiger charge is 2.01. The predicted molar refractivity (Wildman–Crippen MR) is 81.8 cm³/mol. The molecule has 0 saturated heterocycles. The Morgan fingerprint density at radius 3 is 2.50 bits per heavy atom. The van der Waals surface area contributed by atoms with Crippen LogP contribution in [0.15, 0.2) is 60.0 Å². The summed E-state index contributed by atoms with van der Waals surface area (Å²) in [6, 6.07) is 19.1. The zero-order valence-corrected chi connectivity index (χ0v) is 11.1. The van der Waals surface area contributed by atoms with Crippen LogP contribution in [0.1, 0.15) is 18.1 Å². The van der Waals surface area contributed by atoms with E-state index in [0.29, 0.717) is 0 Å². The van der Waals surface area contributed by atoms with Crippen molar-refractivity contribution in [2.24, 2.45) is 0 Å². The van der Waals surface area contributed by atoms with Crippen molar-refractivity contribution in [1.29, 1.82) is 0 Å². The maximum Gasteiger partial charge on any atom is 0.0348 e. The van der Waals surface area contributed by atoms with E-state index in [1.165, 1.54) is 26.8 Å². The van der Waals surface area contributed by atoms with Gasteiger partial charge in [0.15, 0.2) is 0 Å². The van der Waals surface area contributed by atoms with Gasteiger partial charge in [0.1, 0.15) is 0 Å². The quantitative estimate of drug-likeness (QED) is 0.566. The number of rotatable bonds is 2. The minimum atomic E-state index is 1.28. The fourth-order valence-corrected chi connectivity index (χ4v) is 3.05. The fraction of sp³-hybridized carbons (Fsp3) is 0.0588. The summed E-state index contributed by atoms with van der Waals surface area (Å²) in [5.74, 6) is 0. The van der Waals surface area contributed by atoms with Crippen molar-refractivity contribution in [3.8, 4) is 0 Å². The average molecular weight is 250 g/mol. The van der Waals surface area contributed by atoms with E-state index in [4.69, 9.17) is 0 Å². The van der Waals surface area contributed by atoms with Crippen LogP contribution >= 0.6 is 11.3 Å². The first-order valence-corrected chi connectivity index (χ1v) is 6.92. The van der Waals surface area contributed by atoms with E-state index in [1.54, 1.807) is 11.3 Å². The maximum atomic E-state index is 2.27. The van der Waals surface area contributed by atoms with Crippen molar-refractivity contribution in [1.82, 2.24) is 0 Å². The van der Waals surface area contributed by atoms with Crippen LogP contribution in [-0.2, 0) is 0 Å². The summed E-state index contributed by atoms with van der Waals surface area (Å²) >= 11 is 1.81. The Hall–Kier alpha value is -1.86. The lowest BCUT2D eigenvalue weighted by atomic mass is 10.0. The van der Waals surface area contributed by atoms with E-state index >= 15 is 0 Å². The van der Waals surface area contributed by atoms with Crippen LogP contribution in [-0.4, -0.2) is 0 Å². The molecule has 0 N–H and O–H groups in total. The first-order chi connectivity index (χ1) is 8.84. The third kappa shape index (κ3) is 2.09. The lowest BCUT2D eigenvalue weighted by Gasteiger charge is -2.00. The molecule has 88 valence electrons. The second kappa shape index (κ2) is 4.79. The molecule has 0 aliphatic heterocycles. The Morgan fingerprint density at radius 2 is 1.67 bits per heavy atom. The summed E-state index contributed by atoms with van der Waals surface area (Å²) in [6.07, 6.45) is 2.27. The van der Waals surface area contributed by atoms with Gasteiger partial charge in [-0.15, -0.1) is 11.3 Å². The van der Waals surface area contributed by atoms with E-state index in [9.17, 15) is 0 Å². The van der Waals surface area contributed by atoms with E-state index in [0.717, 1.165) is 0 Å². The minimum absolute atomic E-state index is 1.28. The van der Waals surface area contributed by atoms with E-state index < -0.39 is 0 Å².